The topological polar surface area (TPSA) is 20.2 Å². The van der Waals surface area contributed by atoms with Gasteiger partial charge < -0.3 is 5.11 Å². The molecule has 71 valence electrons. The first kappa shape index (κ1) is 10.1. The molecule has 1 nitrogen and oxygen atoms in total. The molecule has 0 spiro atoms. The Morgan fingerprint density at radius 2 is 1.85 bits per heavy atom. The number of hydrogen-bond acceptors (Lipinski definition) is 1. The largest absolute Gasteiger partial charge is 0.396 e. The third kappa shape index (κ3) is 1.83. The van der Waals surface area contributed by atoms with Crippen LogP contribution in [0.4, 0.5) is 13.2 Å². The van der Waals surface area contributed by atoms with Gasteiger partial charge in [-0.1, -0.05) is 6.07 Å². The molecule has 0 saturated carbocycles. The average Bonchev–Trinajstić information content (AvgIpc) is 2.13. The summed E-state index contributed by atoms with van der Waals surface area (Å²) in [4.78, 5) is 0. The van der Waals surface area contributed by atoms with E-state index in [2.05, 4.69) is 6.92 Å². The molecule has 0 aromatic heterocycles. The van der Waals surface area contributed by atoms with Crippen molar-refractivity contribution in [3.63, 3.8) is 0 Å². The Morgan fingerprint density at radius 1 is 1.23 bits per heavy atom. The monoisotopic (exact) mass is 189 g/mol. The van der Waals surface area contributed by atoms with Gasteiger partial charge in [0.05, 0.1) is 6.61 Å². The van der Waals surface area contributed by atoms with E-state index >= 15 is 0 Å². The number of aliphatic hydroxyl groups is 1. The SMILES string of the molecule is [CH2]C(CO)c1ccc(F)c(F)c1F. The van der Waals surface area contributed by atoms with Crippen molar-refractivity contribution in [1.29, 1.82) is 0 Å². The molecule has 0 aliphatic rings. The minimum Gasteiger partial charge on any atom is -0.396 e. The van der Waals surface area contributed by atoms with Crippen molar-refractivity contribution >= 4 is 0 Å². The summed E-state index contributed by atoms with van der Waals surface area (Å²) in [5.41, 5.74) is -0.124. The van der Waals surface area contributed by atoms with Gasteiger partial charge in [0, 0.05) is 5.92 Å². The van der Waals surface area contributed by atoms with E-state index in [1.165, 1.54) is 0 Å². The maximum Gasteiger partial charge on any atom is 0.194 e. The third-order valence-electron chi connectivity index (χ3n) is 1.73. The maximum absolute atomic E-state index is 12.9. The smallest absolute Gasteiger partial charge is 0.194 e. The van der Waals surface area contributed by atoms with Crippen LogP contribution in [0.3, 0.4) is 0 Å². The maximum atomic E-state index is 12.9. The lowest BCUT2D eigenvalue weighted by Gasteiger charge is -2.09. The normalized spacial score (nSPS) is 13.0. The van der Waals surface area contributed by atoms with Gasteiger partial charge in [0.1, 0.15) is 0 Å². The molecule has 1 unspecified atom stereocenters. The molecule has 1 atom stereocenters. The lowest BCUT2D eigenvalue weighted by Crippen LogP contribution is -2.05. The van der Waals surface area contributed by atoms with Crippen LogP contribution < -0.4 is 0 Å². The first-order chi connectivity index (χ1) is 6.07. The van der Waals surface area contributed by atoms with Gasteiger partial charge in [-0.25, -0.2) is 13.2 Å². The van der Waals surface area contributed by atoms with E-state index in [9.17, 15) is 13.2 Å². The highest BCUT2D eigenvalue weighted by Gasteiger charge is 2.16. The summed E-state index contributed by atoms with van der Waals surface area (Å²) in [5.74, 6) is -4.84. The van der Waals surface area contributed by atoms with Gasteiger partial charge in [-0.2, -0.15) is 0 Å². The Bertz CT molecular complexity index is 312. The fourth-order valence-corrected chi connectivity index (χ4v) is 0.954. The highest BCUT2D eigenvalue weighted by atomic mass is 19.2. The molecule has 0 aliphatic carbocycles. The minimum atomic E-state index is -1.53. The van der Waals surface area contributed by atoms with Gasteiger partial charge in [0.2, 0.25) is 0 Å². The molecule has 4 heteroatoms. The first-order valence-electron chi connectivity index (χ1n) is 3.65. The first-order valence-corrected chi connectivity index (χ1v) is 3.65. The molecule has 1 rings (SSSR count). The van der Waals surface area contributed by atoms with Crippen molar-refractivity contribution in [2.24, 2.45) is 0 Å². The van der Waals surface area contributed by atoms with E-state index < -0.39 is 30.0 Å². The molecule has 0 fully saturated rings. The van der Waals surface area contributed by atoms with E-state index in [1.54, 1.807) is 0 Å². The third-order valence-corrected chi connectivity index (χ3v) is 1.73. The zero-order valence-corrected chi connectivity index (χ0v) is 6.73. The summed E-state index contributed by atoms with van der Waals surface area (Å²) >= 11 is 0. The van der Waals surface area contributed by atoms with Crippen LogP contribution in [-0.4, -0.2) is 11.7 Å². The Labute approximate surface area is 73.8 Å². The van der Waals surface area contributed by atoms with Crippen LogP contribution in [0.2, 0.25) is 0 Å². The van der Waals surface area contributed by atoms with E-state index in [1.807, 2.05) is 0 Å². The molecular formula is C9H8F3O. The van der Waals surface area contributed by atoms with Gasteiger partial charge in [-0.3, -0.25) is 0 Å². The molecule has 1 N–H and O–H groups in total. The zero-order chi connectivity index (χ0) is 10.0. The van der Waals surface area contributed by atoms with Gasteiger partial charge >= 0.3 is 0 Å². The quantitative estimate of drug-likeness (QED) is 0.705. The number of hydrogen-bond donors (Lipinski definition) is 1. The van der Waals surface area contributed by atoms with Crippen molar-refractivity contribution in [3.8, 4) is 0 Å². The fourth-order valence-electron chi connectivity index (χ4n) is 0.954. The standard InChI is InChI=1S/C9H8F3O/c1-5(4-13)6-2-3-7(10)9(12)8(6)11/h2-3,5,13H,1,4H2. The molecule has 1 aromatic carbocycles. The van der Waals surface area contributed by atoms with Gasteiger partial charge in [-0.05, 0) is 18.6 Å². The predicted molar refractivity (Wildman–Crippen MR) is 41.5 cm³/mol. The lowest BCUT2D eigenvalue weighted by molar-refractivity contribution is 0.279. The van der Waals surface area contributed by atoms with Crippen LogP contribution in [0.5, 0.6) is 0 Å². The predicted octanol–water partition coefficient (Wildman–Crippen LogP) is 2.01. The summed E-state index contributed by atoms with van der Waals surface area (Å²) in [7, 11) is 0. The molecule has 0 saturated heterocycles. The number of halogens is 3. The van der Waals surface area contributed by atoms with Crippen molar-refractivity contribution in [2.75, 3.05) is 6.61 Å². The molecule has 13 heavy (non-hydrogen) atoms. The van der Waals surface area contributed by atoms with Crippen molar-refractivity contribution in [3.05, 3.63) is 42.1 Å². The molecule has 0 bridgehead atoms. The second-order valence-corrected chi connectivity index (χ2v) is 2.64. The number of aliphatic hydroxyl groups excluding tert-OH is 1. The summed E-state index contributed by atoms with van der Waals surface area (Å²) in [5, 5.41) is 8.63. The summed E-state index contributed by atoms with van der Waals surface area (Å²) in [6, 6.07) is 1.88. The molecule has 0 amide bonds. The van der Waals surface area contributed by atoms with E-state index in [-0.39, 0.29) is 5.56 Å². The van der Waals surface area contributed by atoms with Crippen LogP contribution >= 0.6 is 0 Å². The van der Waals surface area contributed by atoms with Crippen molar-refractivity contribution in [1.82, 2.24) is 0 Å². The zero-order valence-electron chi connectivity index (χ0n) is 6.73. The summed E-state index contributed by atoms with van der Waals surface area (Å²) < 4.78 is 38.0. The number of rotatable bonds is 2. The summed E-state index contributed by atoms with van der Waals surface area (Å²) in [6.07, 6.45) is 0. The highest BCUT2D eigenvalue weighted by molar-refractivity contribution is 5.24. The Balaban J connectivity index is 3.18. The Kier molecular flexibility index (Phi) is 2.93. The molecule has 1 aromatic rings. The van der Waals surface area contributed by atoms with Crippen LogP contribution in [0.1, 0.15) is 11.5 Å². The fraction of sp³-hybridized carbons (Fsp3) is 0.222. The highest BCUT2D eigenvalue weighted by Crippen LogP contribution is 2.21. The molecule has 0 heterocycles. The van der Waals surface area contributed by atoms with Gasteiger partial charge in [-0.15, -0.1) is 0 Å². The van der Waals surface area contributed by atoms with Crippen LogP contribution in [0.15, 0.2) is 12.1 Å². The van der Waals surface area contributed by atoms with Gasteiger partial charge in [0.25, 0.3) is 0 Å². The van der Waals surface area contributed by atoms with E-state index in [0.29, 0.717) is 0 Å². The Hall–Kier alpha value is -1.03. The molecule has 0 aliphatic heterocycles. The second-order valence-electron chi connectivity index (χ2n) is 2.64. The lowest BCUT2D eigenvalue weighted by atomic mass is 10.0. The molecular weight excluding hydrogens is 181 g/mol. The summed E-state index contributed by atoms with van der Waals surface area (Å²) in [6.45, 7) is 2.96. The van der Waals surface area contributed by atoms with Crippen LogP contribution in [0.25, 0.3) is 0 Å². The van der Waals surface area contributed by atoms with Crippen LogP contribution in [0, 0.1) is 24.4 Å². The minimum absolute atomic E-state index is 0.124. The number of benzene rings is 1. The van der Waals surface area contributed by atoms with E-state index in [0.717, 1.165) is 12.1 Å². The average molecular weight is 189 g/mol. The van der Waals surface area contributed by atoms with Crippen molar-refractivity contribution < 1.29 is 18.3 Å². The van der Waals surface area contributed by atoms with Crippen LogP contribution in [-0.2, 0) is 0 Å². The van der Waals surface area contributed by atoms with Gasteiger partial charge in [0.15, 0.2) is 17.5 Å². The second kappa shape index (κ2) is 3.79. The Morgan fingerprint density at radius 3 is 2.38 bits per heavy atom. The molecule has 1 radical (unpaired) electrons. The van der Waals surface area contributed by atoms with Crippen molar-refractivity contribution in [2.45, 2.75) is 5.92 Å². The van der Waals surface area contributed by atoms with E-state index in [4.69, 9.17) is 5.11 Å².